The lowest BCUT2D eigenvalue weighted by Crippen LogP contribution is -2.15. The average molecular weight is 238 g/mol. The third kappa shape index (κ3) is 2.86. The molecule has 17 heavy (non-hydrogen) atoms. The highest BCUT2D eigenvalue weighted by Crippen LogP contribution is 2.31. The zero-order valence-corrected chi connectivity index (χ0v) is 10.7. The van der Waals surface area contributed by atoms with E-state index in [9.17, 15) is 5.11 Å². The topological polar surface area (TPSA) is 59.2 Å². The van der Waals surface area contributed by atoms with Crippen LogP contribution in [0.4, 0.5) is 0 Å². The van der Waals surface area contributed by atoms with Gasteiger partial charge in [-0.15, -0.1) is 0 Å². The maximum atomic E-state index is 9.77. The monoisotopic (exact) mass is 238 g/mol. The normalized spacial score (nSPS) is 21.4. The Morgan fingerprint density at radius 3 is 2.71 bits per heavy atom. The van der Waals surface area contributed by atoms with Gasteiger partial charge in [0.05, 0.1) is 12.0 Å². The molecule has 1 N–H and O–H groups in total. The first-order chi connectivity index (χ1) is 8.22. The fourth-order valence-corrected chi connectivity index (χ4v) is 2.48. The predicted octanol–water partition coefficient (Wildman–Crippen LogP) is 2.99. The standard InChI is InChI=1S/C13H22N2O2/c1-3-11(16)9(2)13-14-12(15-17-13)10-7-5-4-6-8-10/h9-11,16H,3-8H2,1-2H3. The second-order valence-electron chi connectivity index (χ2n) is 5.09. The number of hydrogen-bond donors (Lipinski definition) is 1. The van der Waals surface area contributed by atoms with E-state index >= 15 is 0 Å². The first kappa shape index (κ1) is 12.6. The number of nitrogens with zero attached hydrogens (tertiary/aromatic N) is 2. The molecule has 2 rings (SSSR count). The molecule has 0 amide bonds. The van der Waals surface area contributed by atoms with E-state index < -0.39 is 6.10 Å². The van der Waals surface area contributed by atoms with Crippen LogP contribution in [-0.2, 0) is 0 Å². The molecule has 0 aliphatic heterocycles. The summed E-state index contributed by atoms with van der Waals surface area (Å²) in [6, 6.07) is 0. The minimum absolute atomic E-state index is 0.0650. The van der Waals surface area contributed by atoms with Crippen LogP contribution >= 0.6 is 0 Å². The van der Waals surface area contributed by atoms with Crippen LogP contribution in [0.3, 0.4) is 0 Å². The summed E-state index contributed by atoms with van der Waals surface area (Å²) in [5, 5.41) is 13.9. The number of rotatable bonds is 4. The summed E-state index contributed by atoms with van der Waals surface area (Å²) in [5.74, 6) is 1.83. The molecule has 1 saturated carbocycles. The van der Waals surface area contributed by atoms with Gasteiger partial charge in [-0.25, -0.2) is 0 Å². The molecule has 1 aromatic rings. The van der Waals surface area contributed by atoms with Crippen molar-refractivity contribution in [2.45, 2.75) is 70.3 Å². The van der Waals surface area contributed by atoms with Gasteiger partial charge in [0.1, 0.15) is 0 Å². The van der Waals surface area contributed by atoms with Gasteiger partial charge < -0.3 is 9.63 Å². The van der Waals surface area contributed by atoms with Crippen molar-refractivity contribution in [2.24, 2.45) is 0 Å². The summed E-state index contributed by atoms with van der Waals surface area (Å²) in [6.45, 7) is 3.89. The van der Waals surface area contributed by atoms with Crippen LogP contribution in [-0.4, -0.2) is 21.4 Å². The summed E-state index contributed by atoms with van der Waals surface area (Å²) in [4.78, 5) is 4.47. The van der Waals surface area contributed by atoms with E-state index in [1.165, 1.54) is 32.1 Å². The Bertz CT molecular complexity index is 328. The van der Waals surface area contributed by atoms with E-state index in [1.54, 1.807) is 0 Å². The largest absolute Gasteiger partial charge is 0.392 e. The summed E-state index contributed by atoms with van der Waals surface area (Å²) >= 11 is 0. The van der Waals surface area contributed by atoms with Gasteiger partial charge >= 0.3 is 0 Å². The minimum atomic E-state index is -0.394. The third-order valence-corrected chi connectivity index (χ3v) is 3.81. The molecule has 1 aromatic heterocycles. The van der Waals surface area contributed by atoms with Crippen molar-refractivity contribution >= 4 is 0 Å². The maximum absolute atomic E-state index is 9.77. The summed E-state index contributed by atoms with van der Waals surface area (Å²) < 4.78 is 5.28. The second-order valence-corrected chi connectivity index (χ2v) is 5.09. The van der Waals surface area contributed by atoms with Crippen molar-refractivity contribution in [3.8, 4) is 0 Å². The van der Waals surface area contributed by atoms with Gasteiger partial charge in [-0.1, -0.05) is 38.3 Å². The number of aliphatic hydroxyl groups is 1. The van der Waals surface area contributed by atoms with E-state index in [2.05, 4.69) is 10.1 Å². The maximum Gasteiger partial charge on any atom is 0.232 e. The molecule has 96 valence electrons. The molecule has 2 unspecified atom stereocenters. The van der Waals surface area contributed by atoms with Gasteiger partial charge in [-0.2, -0.15) is 4.98 Å². The predicted molar refractivity (Wildman–Crippen MR) is 64.8 cm³/mol. The molecular weight excluding hydrogens is 216 g/mol. The van der Waals surface area contributed by atoms with E-state index in [0.717, 1.165) is 5.82 Å². The van der Waals surface area contributed by atoms with Crippen LogP contribution < -0.4 is 0 Å². The van der Waals surface area contributed by atoms with Gasteiger partial charge in [0.15, 0.2) is 5.82 Å². The zero-order chi connectivity index (χ0) is 12.3. The summed E-state index contributed by atoms with van der Waals surface area (Å²) in [5.41, 5.74) is 0. The Balaban J connectivity index is 2.04. The van der Waals surface area contributed by atoms with Crippen LogP contribution in [0, 0.1) is 0 Å². The van der Waals surface area contributed by atoms with E-state index in [1.807, 2.05) is 13.8 Å². The molecule has 4 heteroatoms. The Morgan fingerprint density at radius 2 is 2.06 bits per heavy atom. The van der Waals surface area contributed by atoms with Crippen molar-refractivity contribution in [1.82, 2.24) is 10.1 Å². The van der Waals surface area contributed by atoms with Crippen molar-refractivity contribution in [3.05, 3.63) is 11.7 Å². The van der Waals surface area contributed by atoms with Gasteiger partial charge in [-0.05, 0) is 19.3 Å². The quantitative estimate of drug-likeness (QED) is 0.876. The fourth-order valence-electron chi connectivity index (χ4n) is 2.48. The summed E-state index contributed by atoms with van der Waals surface area (Å²) in [7, 11) is 0. The van der Waals surface area contributed by atoms with Crippen LogP contribution in [0.2, 0.25) is 0 Å². The molecule has 0 aromatic carbocycles. The Morgan fingerprint density at radius 1 is 1.35 bits per heavy atom. The van der Waals surface area contributed by atoms with Crippen LogP contribution in [0.25, 0.3) is 0 Å². The number of aliphatic hydroxyl groups excluding tert-OH is 1. The highest BCUT2D eigenvalue weighted by Gasteiger charge is 2.25. The molecule has 0 saturated heterocycles. The molecule has 2 atom stereocenters. The zero-order valence-electron chi connectivity index (χ0n) is 10.7. The fraction of sp³-hybridized carbons (Fsp3) is 0.846. The van der Waals surface area contributed by atoms with Crippen molar-refractivity contribution in [3.63, 3.8) is 0 Å². The molecule has 1 heterocycles. The molecular formula is C13H22N2O2. The van der Waals surface area contributed by atoms with Crippen molar-refractivity contribution < 1.29 is 9.63 Å². The molecule has 0 radical (unpaired) electrons. The Hall–Kier alpha value is -0.900. The molecule has 0 bridgehead atoms. The van der Waals surface area contributed by atoms with Crippen LogP contribution in [0.15, 0.2) is 4.52 Å². The molecule has 1 aliphatic rings. The van der Waals surface area contributed by atoms with E-state index in [-0.39, 0.29) is 5.92 Å². The minimum Gasteiger partial charge on any atom is -0.392 e. The van der Waals surface area contributed by atoms with E-state index in [4.69, 9.17) is 4.52 Å². The third-order valence-electron chi connectivity index (χ3n) is 3.81. The van der Waals surface area contributed by atoms with Gasteiger partial charge in [0.25, 0.3) is 0 Å². The number of hydrogen-bond acceptors (Lipinski definition) is 4. The SMILES string of the molecule is CCC(O)C(C)c1nc(C2CCCCC2)no1. The average Bonchev–Trinajstić information content (AvgIpc) is 2.87. The van der Waals surface area contributed by atoms with Gasteiger partial charge in [-0.3, -0.25) is 0 Å². The van der Waals surface area contributed by atoms with Crippen LogP contribution in [0.1, 0.15) is 75.9 Å². The van der Waals surface area contributed by atoms with Gasteiger partial charge in [0.2, 0.25) is 5.89 Å². The Labute approximate surface area is 102 Å². The first-order valence-electron chi connectivity index (χ1n) is 6.74. The van der Waals surface area contributed by atoms with Gasteiger partial charge in [0, 0.05) is 5.92 Å². The van der Waals surface area contributed by atoms with Crippen LogP contribution in [0.5, 0.6) is 0 Å². The molecule has 1 fully saturated rings. The highest BCUT2D eigenvalue weighted by molar-refractivity contribution is 5.00. The van der Waals surface area contributed by atoms with Crippen molar-refractivity contribution in [2.75, 3.05) is 0 Å². The molecule has 1 aliphatic carbocycles. The Kier molecular flexibility index (Phi) is 4.15. The first-order valence-corrected chi connectivity index (χ1v) is 6.74. The lowest BCUT2D eigenvalue weighted by atomic mass is 9.89. The van der Waals surface area contributed by atoms with Crippen molar-refractivity contribution in [1.29, 1.82) is 0 Å². The number of aromatic nitrogens is 2. The molecule has 4 nitrogen and oxygen atoms in total. The highest BCUT2D eigenvalue weighted by atomic mass is 16.5. The lowest BCUT2D eigenvalue weighted by molar-refractivity contribution is 0.129. The molecule has 0 spiro atoms. The second kappa shape index (κ2) is 5.63. The van der Waals surface area contributed by atoms with E-state index in [0.29, 0.717) is 18.2 Å². The summed E-state index contributed by atoms with van der Waals surface area (Å²) in [6.07, 6.45) is 6.51. The smallest absolute Gasteiger partial charge is 0.232 e. The lowest BCUT2D eigenvalue weighted by Gasteiger charge is -2.17.